The molecule has 2 N–H and O–H groups in total. The highest BCUT2D eigenvalue weighted by Crippen LogP contribution is 2.25. The van der Waals surface area contributed by atoms with Gasteiger partial charge >= 0.3 is 0 Å². The van der Waals surface area contributed by atoms with E-state index in [0.29, 0.717) is 6.04 Å². The monoisotopic (exact) mass is 249 g/mol. The normalized spacial score (nSPS) is 12.5. The van der Waals surface area contributed by atoms with Crippen LogP contribution < -0.4 is 10.5 Å². The quantitative estimate of drug-likeness (QED) is 0.798. The maximum absolute atomic E-state index is 5.78. The molecule has 102 valence electrons. The lowest BCUT2D eigenvalue weighted by Gasteiger charge is -2.14. The van der Waals surface area contributed by atoms with Crippen LogP contribution in [0.25, 0.3) is 0 Å². The molecular weight excluding hydrogens is 222 g/mol. The van der Waals surface area contributed by atoms with Gasteiger partial charge in [0.15, 0.2) is 0 Å². The Labute approximate surface area is 112 Å². The van der Waals surface area contributed by atoms with Crippen molar-refractivity contribution in [2.75, 3.05) is 6.61 Å². The van der Waals surface area contributed by atoms with E-state index >= 15 is 0 Å². The molecular formula is C16H27NO. The maximum Gasteiger partial charge on any atom is 0.122 e. The van der Waals surface area contributed by atoms with Crippen LogP contribution in [0.15, 0.2) is 12.1 Å². The van der Waals surface area contributed by atoms with Gasteiger partial charge in [-0.2, -0.15) is 0 Å². The Morgan fingerprint density at radius 3 is 2.56 bits per heavy atom. The van der Waals surface area contributed by atoms with Crippen LogP contribution in [0, 0.1) is 13.8 Å². The van der Waals surface area contributed by atoms with Crippen LogP contribution in [0.1, 0.15) is 49.8 Å². The van der Waals surface area contributed by atoms with E-state index in [1.807, 2.05) is 0 Å². The third-order valence-electron chi connectivity index (χ3n) is 3.42. The molecule has 1 atom stereocenters. The summed E-state index contributed by atoms with van der Waals surface area (Å²) in [6, 6.07) is 4.62. The predicted molar refractivity (Wildman–Crippen MR) is 78.3 cm³/mol. The van der Waals surface area contributed by atoms with Crippen LogP contribution in [0.5, 0.6) is 5.75 Å². The molecule has 0 spiro atoms. The van der Waals surface area contributed by atoms with E-state index in [1.54, 1.807) is 0 Å². The van der Waals surface area contributed by atoms with E-state index < -0.39 is 0 Å². The Kier molecular flexibility index (Phi) is 6.20. The predicted octanol–water partition coefficient (Wildman–Crippen LogP) is 3.76. The van der Waals surface area contributed by atoms with Crippen LogP contribution in [-0.4, -0.2) is 12.6 Å². The summed E-state index contributed by atoms with van der Waals surface area (Å²) in [4.78, 5) is 0. The molecule has 0 heterocycles. The molecule has 0 bridgehead atoms. The second-order valence-electron chi connectivity index (χ2n) is 5.19. The highest BCUT2D eigenvalue weighted by atomic mass is 16.5. The number of benzene rings is 1. The number of nitrogens with two attached hydrogens (primary N) is 1. The van der Waals surface area contributed by atoms with E-state index in [4.69, 9.17) is 10.5 Å². The fourth-order valence-corrected chi connectivity index (χ4v) is 2.11. The van der Waals surface area contributed by atoms with Crippen molar-refractivity contribution in [1.29, 1.82) is 0 Å². The van der Waals surface area contributed by atoms with Crippen LogP contribution in [0.3, 0.4) is 0 Å². The summed E-state index contributed by atoms with van der Waals surface area (Å²) < 4.78 is 5.74. The fraction of sp³-hybridized carbons (Fsp3) is 0.625. The van der Waals surface area contributed by atoms with Crippen molar-refractivity contribution in [2.24, 2.45) is 5.73 Å². The lowest BCUT2D eigenvalue weighted by molar-refractivity contribution is 0.315. The summed E-state index contributed by atoms with van der Waals surface area (Å²) in [7, 11) is 0. The summed E-state index contributed by atoms with van der Waals surface area (Å²) in [6.45, 7) is 9.33. The third kappa shape index (κ3) is 4.34. The first kappa shape index (κ1) is 15.0. The van der Waals surface area contributed by atoms with Gasteiger partial charge in [-0.1, -0.05) is 13.0 Å². The molecule has 18 heavy (non-hydrogen) atoms. The average molecular weight is 249 g/mol. The minimum absolute atomic E-state index is 0.304. The second-order valence-corrected chi connectivity index (χ2v) is 5.19. The summed E-state index contributed by atoms with van der Waals surface area (Å²) in [6.07, 6.45) is 4.41. The topological polar surface area (TPSA) is 35.2 Å². The molecule has 1 aromatic rings. The summed E-state index contributed by atoms with van der Waals surface area (Å²) in [5, 5.41) is 0. The third-order valence-corrected chi connectivity index (χ3v) is 3.42. The molecule has 0 radical (unpaired) electrons. The van der Waals surface area contributed by atoms with E-state index in [1.165, 1.54) is 16.7 Å². The van der Waals surface area contributed by atoms with Crippen LogP contribution >= 0.6 is 0 Å². The summed E-state index contributed by atoms with van der Waals surface area (Å²) >= 11 is 0. The standard InChI is InChI=1S/C16H27NO/c1-5-11-18-16-10-9-15(13(3)14(16)4)8-6-7-12(2)17/h9-10,12H,5-8,11,17H2,1-4H3. The van der Waals surface area contributed by atoms with Crippen molar-refractivity contribution in [1.82, 2.24) is 0 Å². The lowest BCUT2D eigenvalue weighted by Crippen LogP contribution is -2.14. The molecule has 0 aliphatic carbocycles. The fourth-order valence-electron chi connectivity index (χ4n) is 2.11. The minimum Gasteiger partial charge on any atom is -0.493 e. The van der Waals surface area contributed by atoms with Gasteiger partial charge in [-0.25, -0.2) is 0 Å². The van der Waals surface area contributed by atoms with Crippen LogP contribution in [-0.2, 0) is 6.42 Å². The molecule has 1 unspecified atom stereocenters. The smallest absolute Gasteiger partial charge is 0.122 e. The summed E-state index contributed by atoms with van der Waals surface area (Å²) in [5.41, 5.74) is 9.86. The van der Waals surface area contributed by atoms with Gasteiger partial charge in [-0.3, -0.25) is 0 Å². The van der Waals surface area contributed by atoms with Gasteiger partial charge in [0.25, 0.3) is 0 Å². The molecule has 2 heteroatoms. The van der Waals surface area contributed by atoms with Gasteiger partial charge in [0.2, 0.25) is 0 Å². The van der Waals surface area contributed by atoms with Crippen molar-refractivity contribution in [3.05, 3.63) is 28.8 Å². The number of ether oxygens (including phenoxy) is 1. The molecule has 0 saturated heterocycles. The molecule has 0 fully saturated rings. The number of rotatable bonds is 7. The molecule has 2 nitrogen and oxygen atoms in total. The molecule has 0 aliphatic heterocycles. The van der Waals surface area contributed by atoms with Crippen molar-refractivity contribution in [2.45, 2.75) is 59.4 Å². The van der Waals surface area contributed by atoms with Gasteiger partial charge in [-0.15, -0.1) is 0 Å². The first-order valence-electron chi connectivity index (χ1n) is 7.03. The molecule has 1 rings (SSSR count). The summed E-state index contributed by atoms with van der Waals surface area (Å²) in [5.74, 6) is 1.03. The van der Waals surface area contributed by atoms with Crippen molar-refractivity contribution < 1.29 is 4.74 Å². The Morgan fingerprint density at radius 1 is 1.22 bits per heavy atom. The lowest BCUT2D eigenvalue weighted by atomic mass is 9.97. The van der Waals surface area contributed by atoms with Crippen molar-refractivity contribution in [3.63, 3.8) is 0 Å². The zero-order valence-electron chi connectivity index (χ0n) is 12.3. The number of aryl methyl sites for hydroxylation is 1. The Hall–Kier alpha value is -1.02. The zero-order valence-corrected chi connectivity index (χ0v) is 12.3. The van der Waals surface area contributed by atoms with Gasteiger partial charge in [0.1, 0.15) is 5.75 Å². The minimum atomic E-state index is 0.304. The van der Waals surface area contributed by atoms with E-state index in [2.05, 4.69) is 39.8 Å². The highest BCUT2D eigenvalue weighted by Gasteiger charge is 2.07. The van der Waals surface area contributed by atoms with E-state index in [0.717, 1.165) is 38.0 Å². The van der Waals surface area contributed by atoms with Crippen molar-refractivity contribution in [3.8, 4) is 5.75 Å². The molecule has 1 aromatic carbocycles. The van der Waals surface area contributed by atoms with Gasteiger partial charge in [-0.05, 0) is 69.2 Å². The van der Waals surface area contributed by atoms with Gasteiger partial charge in [0.05, 0.1) is 6.61 Å². The number of hydrogen-bond acceptors (Lipinski definition) is 2. The van der Waals surface area contributed by atoms with E-state index in [-0.39, 0.29) is 0 Å². The van der Waals surface area contributed by atoms with Gasteiger partial charge in [0, 0.05) is 6.04 Å². The first-order chi connectivity index (χ1) is 8.56. The highest BCUT2D eigenvalue weighted by molar-refractivity contribution is 5.43. The van der Waals surface area contributed by atoms with Crippen LogP contribution in [0.4, 0.5) is 0 Å². The number of hydrogen-bond donors (Lipinski definition) is 1. The second kappa shape index (κ2) is 7.42. The van der Waals surface area contributed by atoms with Gasteiger partial charge < -0.3 is 10.5 Å². The molecule has 0 aromatic heterocycles. The van der Waals surface area contributed by atoms with E-state index in [9.17, 15) is 0 Å². The van der Waals surface area contributed by atoms with Crippen LogP contribution in [0.2, 0.25) is 0 Å². The zero-order chi connectivity index (χ0) is 13.5. The first-order valence-corrected chi connectivity index (χ1v) is 7.03. The molecule has 0 aliphatic rings. The largest absolute Gasteiger partial charge is 0.493 e. The Morgan fingerprint density at radius 2 is 1.94 bits per heavy atom. The Bertz CT molecular complexity index is 372. The SMILES string of the molecule is CCCOc1ccc(CCCC(C)N)c(C)c1C. The molecule has 0 saturated carbocycles. The molecule has 0 amide bonds. The van der Waals surface area contributed by atoms with Crippen molar-refractivity contribution >= 4 is 0 Å². The Balaban J connectivity index is 2.68. The average Bonchev–Trinajstić information content (AvgIpc) is 2.33. The maximum atomic E-state index is 5.78.